The fraction of sp³-hybridized carbons (Fsp3) is 0.423. The Balaban J connectivity index is 1.54. The number of hydrogen-bond donors (Lipinski definition) is 1. The van der Waals surface area contributed by atoms with E-state index < -0.39 is 5.60 Å². The maximum Gasteiger partial charge on any atom is 0.410 e. The monoisotopic (exact) mass is 521 g/mol. The van der Waals surface area contributed by atoms with Gasteiger partial charge in [-0.25, -0.2) is 9.78 Å². The van der Waals surface area contributed by atoms with Gasteiger partial charge in [-0.2, -0.15) is 14.0 Å². The van der Waals surface area contributed by atoms with Gasteiger partial charge in [0.1, 0.15) is 22.2 Å². The number of fused-ring (bicyclic) bond motifs is 1. The molecule has 0 radical (unpaired) electrons. The summed E-state index contributed by atoms with van der Waals surface area (Å²) in [7, 11) is 1.70. The molecule has 1 fully saturated rings. The lowest BCUT2D eigenvalue weighted by atomic mass is 9.94. The number of hydrogen-bond acceptors (Lipinski definition) is 9. The first-order valence-electron chi connectivity index (χ1n) is 12.3. The Hall–Kier alpha value is -3.73. The van der Waals surface area contributed by atoms with Crippen LogP contribution in [0.15, 0.2) is 40.1 Å². The van der Waals surface area contributed by atoms with Crippen LogP contribution in [0.3, 0.4) is 0 Å². The van der Waals surface area contributed by atoms with Gasteiger partial charge >= 0.3 is 6.09 Å². The number of amides is 1. The standard InChI is InChI=1S/C26H31N7O3S/c1-16-9-23(37-31-16)30-22-11-21(17-7-6-8-32(14-17)25(34)36-26(2,3)4)29-24-20(13-28-33(22)24)18-10-19(12-27-5)35-15-18/h9-13,15,17,30H,6-8,14H2,1-5H3/b27-12-. The van der Waals surface area contributed by atoms with Crippen molar-refractivity contribution in [2.24, 2.45) is 4.99 Å². The van der Waals surface area contributed by atoms with Crippen molar-refractivity contribution < 1.29 is 13.9 Å². The van der Waals surface area contributed by atoms with Crippen LogP contribution in [0.5, 0.6) is 0 Å². The summed E-state index contributed by atoms with van der Waals surface area (Å²) in [6, 6.07) is 5.94. The van der Waals surface area contributed by atoms with Crippen LogP contribution in [-0.2, 0) is 4.74 Å². The second-order valence-electron chi connectivity index (χ2n) is 10.2. The first kappa shape index (κ1) is 24.9. The number of nitrogens with zero attached hydrogens (tertiary/aromatic N) is 6. The van der Waals surface area contributed by atoms with E-state index in [0.29, 0.717) is 24.5 Å². The van der Waals surface area contributed by atoms with E-state index in [1.54, 1.807) is 35.1 Å². The largest absolute Gasteiger partial charge is 0.463 e. The third-order valence-corrected chi connectivity index (χ3v) is 6.85. The van der Waals surface area contributed by atoms with E-state index >= 15 is 0 Å². The molecule has 0 aliphatic carbocycles. The Morgan fingerprint density at radius 2 is 2.16 bits per heavy atom. The fourth-order valence-electron chi connectivity index (χ4n) is 4.43. The molecule has 1 aliphatic rings. The molecule has 11 heteroatoms. The number of carbonyl (C=O) groups is 1. The van der Waals surface area contributed by atoms with Crippen molar-refractivity contribution >= 4 is 40.3 Å². The Kier molecular flexibility index (Phi) is 6.72. The van der Waals surface area contributed by atoms with Crippen LogP contribution in [0, 0.1) is 6.92 Å². The predicted octanol–water partition coefficient (Wildman–Crippen LogP) is 5.66. The van der Waals surface area contributed by atoms with Gasteiger partial charge in [-0.1, -0.05) is 0 Å². The van der Waals surface area contributed by atoms with Gasteiger partial charge in [-0.3, -0.25) is 4.99 Å². The molecule has 1 unspecified atom stereocenters. The lowest BCUT2D eigenvalue weighted by Gasteiger charge is -2.34. The van der Waals surface area contributed by atoms with Gasteiger partial charge in [0.25, 0.3) is 0 Å². The van der Waals surface area contributed by atoms with Crippen molar-refractivity contribution in [3.63, 3.8) is 0 Å². The maximum absolute atomic E-state index is 12.8. The summed E-state index contributed by atoms with van der Waals surface area (Å²) in [6.45, 7) is 8.84. The smallest absolute Gasteiger partial charge is 0.410 e. The SMILES string of the molecule is C/N=C\c1cc(-c2cnn3c(Nc4cc(C)ns4)cc(C4CCCN(C(=O)OC(C)(C)C)C4)nc23)co1. The molecular formula is C26H31N7O3S. The van der Waals surface area contributed by atoms with Gasteiger partial charge < -0.3 is 19.4 Å². The Morgan fingerprint density at radius 3 is 2.89 bits per heavy atom. The van der Waals surface area contributed by atoms with Crippen molar-refractivity contribution in [1.29, 1.82) is 0 Å². The molecule has 37 heavy (non-hydrogen) atoms. The average molecular weight is 522 g/mol. The van der Waals surface area contributed by atoms with Gasteiger partial charge in [0.05, 0.1) is 30.1 Å². The minimum atomic E-state index is -0.538. The number of aryl methyl sites for hydroxylation is 1. The molecule has 4 aromatic heterocycles. The van der Waals surface area contributed by atoms with E-state index in [1.165, 1.54) is 11.5 Å². The molecule has 4 aromatic rings. The summed E-state index contributed by atoms with van der Waals surface area (Å²) in [5.74, 6) is 1.50. The third-order valence-electron chi connectivity index (χ3n) is 6.05. The quantitative estimate of drug-likeness (QED) is 0.337. The molecule has 0 saturated carbocycles. The Bertz CT molecular complexity index is 1450. The fourth-order valence-corrected chi connectivity index (χ4v) is 5.10. The highest BCUT2D eigenvalue weighted by Crippen LogP contribution is 2.33. The van der Waals surface area contributed by atoms with Crippen LogP contribution in [-0.4, -0.2) is 61.9 Å². The number of anilines is 2. The number of piperidine rings is 1. The molecule has 5 rings (SSSR count). The lowest BCUT2D eigenvalue weighted by Crippen LogP contribution is -2.42. The highest BCUT2D eigenvalue weighted by atomic mass is 32.1. The van der Waals surface area contributed by atoms with E-state index in [4.69, 9.17) is 14.1 Å². The number of aromatic nitrogens is 4. The number of furan rings is 1. The van der Waals surface area contributed by atoms with Gasteiger partial charge in [0, 0.05) is 43.2 Å². The third kappa shape index (κ3) is 5.51. The Labute approximate surface area is 219 Å². The van der Waals surface area contributed by atoms with E-state index in [-0.39, 0.29) is 12.0 Å². The predicted molar refractivity (Wildman–Crippen MR) is 144 cm³/mol. The number of carbonyl (C=O) groups excluding carboxylic acids is 1. The molecule has 0 aromatic carbocycles. The highest BCUT2D eigenvalue weighted by molar-refractivity contribution is 7.10. The van der Waals surface area contributed by atoms with Crippen LogP contribution < -0.4 is 5.32 Å². The normalized spacial score (nSPS) is 16.6. The van der Waals surface area contributed by atoms with Crippen LogP contribution in [0.2, 0.25) is 0 Å². The summed E-state index contributed by atoms with van der Waals surface area (Å²) >= 11 is 1.39. The van der Waals surface area contributed by atoms with Gasteiger partial charge in [-0.15, -0.1) is 0 Å². The summed E-state index contributed by atoms with van der Waals surface area (Å²) in [4.78, 5) is 23.7. The molecule has 1 amide bonds. The van der Waals surface area contributed by atoms with Crippen molar-refractivity contribution in [2.45, 2.75) is 52.1 Å². The first-order valence-corrected chi connectivity index (χ1v) is 13.1. The summed E-state index contributed by atoms with van der Waals surface area (Å²) < 4.78 is 17.5. The summed E-state index contributed by atoms with van der Waals surface area (Å²) in [6.07, 6.45) is 6.66. The zero-order chi connectivity index (χ0) is 26.2. The molecule has 194 valence electrons. The lowest BCUT2D eigenvalue weighted by molar-refractivity contribution is 0.0197. The van der Waals surface area contributed by atoms with Crippen LogP contribution in [0.1, 0.15) is 56.7 Å². The van der Waals surface area contributed by atoms with Gasteiger partial charge in [0.15, 0.2) is 5.65 Å². The number of nitrogens with one attached hydrogen (secondary N) is 1. The number of ether oxygens (including phenoxy) is 1. The first-order chi connectivity index (χ1) is 17.7. The molecular weight excluding hydrogens is 490 g/mol. The van der Waals surface area contributed by atoms with E-state index in [9.17, 15) is 4.79 Å². The molecule has 10 nitrogen and oxygen atoms in total. The molecule has 0 spiro atoms. The zero-order valence-electron chi connectivity index (χ0n) is 21.7. The molecule has 1 aliphatic heterocycles. The average Bonchev–Trinajstić information content (AvgIpc) is 3.58. The van der Waals surface area contributed by atoms with Crippen molar-refractivity contribution in [3.8, 4) is 11.1 Å². The highest BCUT2D eigenvalue weighted by Gasteiger charge is 2.30. The van der Waals surface area contributed by atoms with Gasteiger partial charge in [-0.05, 0) is 64.2 Å². The Morgan fingerprint density at radius 1 is 1.32 bits per heavy atom. The number of rotatable bonds is 5. The van der Waals surface area contributed by atoms with E-state index in [2.05, 4.69) is 19.8 Å². The molecule has 0 bridgehead atoms. The van der Waals surface area contributed by atoms with E-state index in [0.717, 1.165) is 46.2 Å². The minimum Gasteiger partial charge on any atom is -0.463 e. The summed E-state index contributed by atoms with van der Waals surface area (Å²) in [5, 5.41) is 9.02. The van der Waals surface area contributed by atoms with Crippen LogP contribution in [0.4, 0.5) is 15.6 Å². The minimum absolute atomic E-state index is 0.0601. The molecule has 1 N–H and O–H groups in total. The maximum atomic E-state index is 12.8. The summed E-state index contributed by atoms with van der Waals surface area (Å²) in [5.41, 5.74) is 3.73. The topological polar surface area (TPSA) is 110 Å². The second-order valence-corrected chi connectivity index (χ2v) is 11.0. The molecule has 1 saturated heterocycles. The van der Waals surface area contributed by atoms with Gasteiger partial charge in [0.2, 0.25) is 0 Å². The van der Waals surface area contributed by atoms with Crippen molar-refractivity contribution in [3.05, 3.63) is 47.8 Å². The molecule has 1 atom stereocenters. The molecule has 5 heterocycles. The van der Waals surface area contributed by atoms with Crippen molar-refractivity contribution in [1.82, 2.24) is 23.9 Å². The van der Waals surface area contributed by atoms with Crippen molar-refractivity contribution in [2.75, 3.05) is 25.5 Å². The zero-order valence-corrected chi connectivity index (χ0v) is 22.5. The second kappa shape index (κ2) is 9.97. The van der Waals surface area contributed by atoms with E-state index in [1.807, 2.05) is 45.9 Å². The van der Waals surface area contributed by atoms with Crippen LogP contribution in [0.25, 0.3) is 16.8 Å². The number of aliphatic imine (C=N–C) groups is 1. The number of likely N-dealkylation sites (tertiary alicyclic amines) is 1. The van der Waals surface area contributed by atoms with Crippen LogP contribution >= 0.6 is 11.5 Å².